The number of rotatable bonds is 3. The summed E-state index contributed by atoms with van der Waals surface area (Å²) in [6.45, 7) is 0. The summed E-state index contributed by atoms with van der Waals surface area (Å²) in [7, 11) is 0. The molecule has 6 atom stereocenters. The van der Waals surface area contributed by atoms with E-state index >= 15 is 0 Å². The molecule has 31 heavy (non-hydrogen) atoms. The van der Waals surface area contributed by atoms with E-state index in [4.69, 9.17) is 4.42 Å². The average molecular weight is 426 g/mol. The minimum atomic E-state index is -4.45. The van der Waals surface area contributed by atoms with E-state index in [0.717, 1.165) is 23.6 Å². The molecule has 2 saturated carbocycles. The quantitative estimate of drug-likeness (QED) is 0.416. The van der Waals surface area contributed by atoms with Gasteiger partial charge >= 0.3 is 6.18 Å². The van der Waals surface area contributed by atoms with Gasteiger partial charge in [-0.15, -0.1) is 0 Å². The average Bonchev–Trinajstić information content (AvgIpc) is 3.38. The van der Waals surface area contributed by atoms with Crippen LogP contribution in [0.3, 0.4) is 0 Å². The third kappa shape index (κ3) is 2.73. The number of carbonyl (C=O) groups is 2. The lowest BCUT2D eigenvalue weighted by Crippen LogP contribution is -2.40. The maximum Gasteiger partial charge on any atom is 0.416 e. The van der Waals surface area contributed by atoms with Crippen LogP contribution in [0.25, 0.3) is 11.3 Å². The first kappa shape index (κ1) is 18.6. The molecule has 1 aromatic carbocycles. The van der Waals surface area contributed by atoms with Gasteiger partial charge in [0.05, 0.1) is 23.6 Å². The van der Waals surface area contributed by atoms with Crippen LogP contribution < -0.4 is 0 Å². The van der Waals surface area contributed by atoms with Gasteiger partial charge in [-0.25, -0.2) is 0 Å². The highest BCUT2D eigenvalue weighted by atomic mass is 19.4. The van der Waals surface area contributed by atoms with Crippen LogP contribution in [0.2, 0.25) is 0 Å². The van der Waals surface area contributed by atoms with Crippen molar-refractivity contribution in [1.29, 1.82) is 0 Å². The Labute approximate surface area is 175 Å². The minimum absolute atomic E-state index is 0.118. The molecule has 2 aromatic rings. The molecular formula is C23H17F3N2O3. The van der Waals surface area contributed by atoms with E-state index in [1.54, 1.807) is 0 Å². The molecule has 8 heteroatoms. The van der Waals surface area contributed by atoms with Crippen molar-refractivity contribution in [1.82, 2.24) is 5.01 Å². The number of hydrazone groups is 1. The molecule has 3 fully saturated rings. The molecule has 2 bridgehead atoms. The van der Waals surface area contributed by atoms with Crippen LogP contribution in [0.15, 0.2) is 58.1 Å². The largest absolute Gasteiger partial charge is 0.455 e. The Kier molecular flexibility index (Phi) is 3.71. The fourth-order valence-corrected chi connectivity index (χ4v) is 5.60. The summed E-state index contributed by atoms with van der Waals surface area (Å²) >= 11 is 0. The van der Waals surface area contributed by atoms with E-state index in [1.165, 1.54) is 30.5 Å². The third-order valence-electron chi connectivity index (χ3n) is 7.04. The second kappa shape index (κ2) is 6.18. The molecule has 1 aromatic heterocycles. The molecule has 0 N–H and O–H groups in total. The number of furan rings is 1. The Hall–Kier alpha value is -3.16. The molecule has 0 radical (unpaired) electrons. The molecule has 0 spiro atoms. The summed E-state index contributed by atoms with van der Waals surface area (Å²) in [5, 5.41) is 5.03. The Balaban J connectivity index is 1.23. The van der Waals surface area contributed by atoms with Crippen LogP contribution >= 0.6 is 0 Å². The number of carbonyl (C=O) groups excluding carboxylic acids is 2. The number of imide groups is 1. The van der Waals surface area contributed by atoms with Crippen molar-refractivity contribution in [3.05, 3.63) is 59.9 Å². The van der Waals surface area contributed by atoms with Gasteiger partial charge in [-0.1, -0.05) is 24.3 Å². The molecule has 4 aliphatic carbocycles. The Morgan fingerprint density at radius 1 is 1.00 bits per heavy atom. The highest BCUT2D eigenvalue weighted by Gasteiger charge is 2.67. The highest BCUT2D eigenvalue weighted by molar-refractivity contribution is 6.06. The lowest BCUT2D eigenvalue weighted by molar-refractivity contribution is -0.140. The second-order valence-corrected chi connectivity index (χ2v) is 8.67. The lowest BCUT2D eigenvalue weighted by Gasteiger charge is -2.37. The van der Waals surface area contributed by atoms with Gasteiger partial charge in [0.2, 0.25) is 0 Å². The van der Waals surface area contributed by atoms with Gasteiger partial charge in [0.15, 0.2) is 0 Å². The number of alkyl halides is 3. The highest BCUT2D eigenvalue weighted by Crippen LogP contribution is 2.65. The Bertz CT molecular complexity index is 1130. The zero-order valence-corrected chi connectivity index (χ0v) is 16.1. The normalized spacial score (nSPS) is 33.3. The molecule has 5 aliphatic rings. The van der Waals surface area contributed by atoms with Crippen LogP contribution in [0, 0.1) is 35.5 Å². The van der Waals surface area contributed by atoms with E-state index in [0.29, 0.717) is 11.8 Å². The number of benzene rings is 1. The van der Waals surface area contributed by atoms with Crippen LogP contribution in [-0.4, -0.2) is 23.0 Å². The van der Waals surface area contributed by atoms with E-state index < -0.39 is 11.7 Å². The van der Waals surface area contributed by atoms with E-state index in [-0.39, 0.29) is 52.6 Å². The van der Waals surface area contributed by atoms with Crippen molar-refractivity contribution in [3.63, 3.8) is 0 Å². The first-order valence-electron chi connectivity index (χ1n) is 10.2. The summed E-state index contributed by atoms with van der Waals surface area (Å²) in [5.41, 5.74) is -0.496. The summed E-state index contributed by atoms with van der Waals surface area (Å²) < 4.78 is 44.4. The van der Waals surface area contributed by atoms with Gasteiger partial charge < -0.3 is 4.42 Å². The van der Waals surface area contributed by atoms with Gasteiger partial charge in [-0.2, -0.15) is 23.3 Å². The van der Waals surface area contributed by atoms with Crippen LogP contribution in [0.5, 0.6) is 0 Å². The summed E-state index contributed by atoms with van der Waals surface area (Å²) in [4.78, 5) is 25.8. The van der Waals surface area contributed by atoms with Crippen LogP contribution in [-0.2, 0) is 15.8 Å². The SMILES string of the molecule is O=C1[C@@H]2[C@H]3C=C[C@@H]([C@@H]4C[C@@H]34)[C@@H]2C(=O)N1/N=C\c1ccc(-c2cccc(C(F)(F)F)c2)o1. The summed E-state index contributed by atoms with van der Waals surface area (Å²) in [5.74, 6) is 0.520. The maximum absolute atomic E-state index is 12.9. The van der Waals surface area contributed by atoms with Gasteiger partial charge in [0.25, 0.3) is 11.8 Å². The fraction of sp³-hybridized carbons (Fsp3) is 0.348. The molecule has 1 saturated heterocycles. The number of halogens is 3. The molecule has 2 heterocycles. The summed E-state index contributed by atoms with van der Waals surface area (Å²) in [6, 6.07) is 7.89. The standard InChI is InChI=1S/C23H17F3N2O3/c24-23(25,26)12-3-1-2-11(8-12)18-7-4-13(31-18)10-27-28-21(29)19-14-5-6-15(17-9-16(14)17)20(19)22(28)30/h1-8,10,14-17,19-20H,9H2/b27-10-/t14-,15-,16-,17-,19-,20+/m0/s1. The van der Waals surface area contributed by atoms with Crippen LogP contribution in [0.1, 0.15) is 17.7 Å². The molecule has 158 valence electrons. The van der Waals surface area contributed by atoms with E-state index in [1.807, 2.05) is 0 Å². The monoisotopic (exact) mass is 426 g/mol. The van der Waals surface area contributed by atoms with Crippen LogP contribution in [0.4, 0.5) is 13.2 Å². The zero-order chi connectivity index (χ0) is 21.5. The Morgan fingerprint density at radius 3 is 2.32 bits per heavy atom. The Morgan fingerprint density at radius 2 is 1.68 bits per heavy atom. The van der Waals surface area contributed by atoms with Gasteiger partial charge in [0, 0.05) is 5.56 Å². The molecule has 0 unspecified atom stereocenters. The van der Waals surface area contributed by atoms with Crippen molar-refractivity contribution >= 4 is 18.0 Å². The first-order valence-corrected chi connectivity index (χ1v) is 10.2. The van der Waals surface area contributed by atoms with Crippen molar-refractivity contribution < 1.29 is 27.2 Å². The van der Waals surface area contributed by atoms with Crippen molar-refractivity contribution in [2.75, 3.05) is 0 Å². The fourth-order valence-electron chi connectivity index (χ4n) is 5.60. The third-order valence-corrected chi connectivity index (χ3v) is 7.04. The van der Waals surface area contributed by atoms with E-state index in [2.05, 4.69) is 17.3 Å². The molecule has 1 aliphatic heterocycles. The maximum atomic E-state index is 12.9. The number of amides is 2. The molecule has 2 amide bonds. The van der Waals surface area contributed by atoms with Crippen molar-refractivity contribution in [2.24, 2.45) is 40.6 Å². The number of hydrogen-bond donors (Lipinski definition) is 0. The van der Waals surface area contributed by atoms with Gasteiger partial charge in [-0.3, -0.25) is 9.59 Å². The number of hydrogen-bond acceptors (Lipinski definition) is 4. The van der Waals surface area contributed by atoms with Gasteiger partial charge in [-0.05, 0) is 54.4 Å². The topological polar surface area (TPSA) is 62.9 Å². The van der Waals surface area contributed by atoms with E-state index in [9.17, 15) is 22.8 Å². The first-order chi connectivity index (χ1) is 14.8. The second-order valence-electron chi connectivity index (χ2n) is 8.67. The zero-order valence-electron chi connectivity index (χ0n) is 16.1. The minimum Gasteiger partial charge on any atom is -0.455 e. The smallest absolute Gasteiger partial charge is 0.416 e. The number of allylic oxidation sites excluding steroid dienone is 2. The summed E-state index contributed by atoms with van der Waals surface area (Å²) in [6.07, 6.45) is 2.08. The molecule has 5 nitrogen and oxygen atoms in total. The predicted molar refractivity (Wildman–Crippen MR) is 103 cm³/mol. The van der Waals surface area contributed by atoms with Crippen molar-refractivity contribution in [3.8, 4) is 11.3 Å². The molecular weight excluding hydrogens is 409 g/mol. The lowest BCUT2D eigenvalue weighted by atomic mass is 9.63. The van der Waals surface area contributed by atoms with Crippen molar-refractivity contribution in [2.45, 2.75) is 12.6 Å². The molecule has 7 rings (SSSR count). The number of nitrogens with zero attached hydrogens (tertiary/aromatic N) is 2. The predicted octanol–water partition coefficient (Wildman–Crippen LogP) is 4.35. The van der Waals surface area contributed by atoms with Gasteiger partial charge in [0.1, 0.15) is 11.5 Å².